The molecule has 4 atom stereocenters. The van der Waals surface area contributed by atoms with Gasteiger partial charge in [0, 0.05) is 23.0 Å². The van der Waals surface area contributed by atoms with Crippen molar-refractivity contribution in [2.75, 3.05) is 12.4 Å². The number of para-hydroxylation sites is 1. The number of carbonyl (C=O) groups excluding carboxylic acids is 3. The molecule has 1 saturated heterocycles. The summed E-state index contributed by atoms with van der Waals surface area (Å²) < 4.78 is 5.32. The number of carbonyl (C=O) groups is 3. The molecule has 40 heavy (non-hydrogen) atoms. The normalized spacial score (nSPS) is 23.8. The largest absolute Gasteiger partial charge is 0.497 e. The molecular formula is C34H26N2O4. The highest BCUT2D eigenvalue weighted by Gasteiger charge is 2.70. The van der Waals surface area contributed by atoms with Crippen LogP contribution in [0.3, 0.4) is 0 Å². The second-order valence-electron chi connectivity index (χ2n) is 10.4. The molecule has 6 heteroatoms. The molecule has 7 rings (SSSR count). The van der Waals surface area contributed by atoms with Crippen LogP contribution in [0, 0.1) is 5.92 Å². The Morgan fingerprint density at radius 1 is 0.800 bits per heavy atom. The van der Waals surface area contributed by atoms with Gasteiger partial charge < -0.3 is 15.0 Å². The number of hydrogen-bond donors (Lipinski definition) is 1. The maximum absolute atomic E-state index is 14.7. The third-order valence-electron chi connectivity index (χ3n) is 8.55. The smallest absolute Gasteiger partial charge is 0.238 e. The van der Waals surface area contributed by atoms with Crippen molar-refractivity contribution in [1.29, 1.82) is 0 Å². The minimum atomic E-state index is -1.34. The number of methoxy groups -OCH3 is 1. The summed E-state index contributed by atoms with van der Waals surface area (Å²) in [5.74, 6) is -1.12. The van der Waals surface area contributed by atoms with E-state index in [9.17, 15) is 14.4 Å². The number of nitrogens with one attached hydrogen (secondary N) is 1. The van der Waals surface area contributed by atoms with Crippen LogP contribution in [0.2, 0.25) is 0 Å². The summed E-state index contributed by atoms with van der Waals surface area (Å²) >= 11 is 0. The standard InChI is InChI=1S/C34H26N2O4/c1-40-24-17-15-23(16-18-24)30(37)28-29(31(38)22-10-3-2-4-11-22)36-20-19-21-9-5-6-12-25(21)32(36)34(28)26-13-7-8-14-27(26)35-33(34)39/h2-20,28-29,32H,1H3,(H,35,39)/t28-,29+,32-,34-/m1/s1. The highest BCUT2D eigenvalue weighted by Crippen LogP contribution is 2.62. The minimum Gasteiger partial charge on any atom is -0.497 e. The van der Waals surface area contributed by atoms with Gasteiger partial charge in [-0.2, -0.15) is 0 Å². The van der Waals surface area contributed by atoms with E-state index in [2.05, 4.69) is 5.32 Å². The van der Waals surface area contributed by atoms with Crippen molar-refractivity contribution in [3.05, 3.63) is 137 Å². The van der Waals surface area contributed by atoms with Gasteiger partial charge >= 0.3 is 0 Å². The van der Waals surface area contributed by atoms with Crippen LogP contribution in [-0.2, 0) is 10.2 Å². The van der Waals surface area contributed by atoms with Gasteiger partial charge in [0.25, 0.3) is 0 Å². The summed E-state index contributed by atoms with van der Waals surface area (Å²) in [6.07, 6.45) is 3.85. The highest BCUT2D eigenvalue weighted by atomic mass is 16.5. The molecule has 1 fully saturated rings. The Bertz CT molecular complexity index is 1690. The van der Waals surface area contributed by atoms with Crippen molar-refractivity contribution < 1.29 is 19.1 Å². The fourth-order valence-electron chi connectivity index (χ4n) is 6.88. The third-order valence-corrected chi connectivity index (χ3v) is 8.55. The van der Waals surface area contributed by atoms with Gasteiger partial charge in [-0.3, -0.25) is 14.4 Å². The molecule has 0 radical (unpaired) electrons. The van der Waals surface area contributed by atoms with Crippen molar-refractivity contribution in [3.63, 3.8) is 0 Å². The lowest BCUT2D eigenvalue weighted by molar-refractivity contribution is -0.122. The molecule has 6 nitrogen and oxygen atoms in total. The van der Waals surface area contributed by atoms with E-state index in [0.29, 0.717) is 22.6 Å². The number of amides is 1. The number of anilines is 1. The average Bonchev–Trinajstić information content (AvgIpc) is 3.49. The lowest BCUT2D eigenvalue weighted by Gasteiger charge is -2.38. The first-order valence-corrected chi connectivity index (χ1v) is 13.3. The highest BCUT2D eigenvalue weighted by molar-refractivity contribution is 6.16. The molecule has 196 valence electrons. The number of rotatable bonds is 5. The van der Waals surface area contributed by atoms with Gasteiger partial charge in [-0.1, -0.05) is 72.8 Å². The van der Waals surface area contributed by atoms with E-state index in [0.717, 1.165) is 16.7 Å². The summed E-state index contributed by atoms with van der Waals surface area (Å²) in [6.45, 7) is 0. The lowest BCUT2D eigenvalue weighted by atomic mass is 9.62. The van der Waals surface area contributed by atoms with E-state index < -0.39 is 23.4 Å². The molecule has 3 aliphatic heterocycles. The maximum atomic E-state index is 14.7. The van der Waals surface area contributed by atoms with Crippen LogP contribution in [0.25, 0.3) is 6.08 Å². The van der Waals surface area contributed by atoms with Gasteiger partial charge in [0.05, 0.1) is 19.1 Å². The molecule has 1 amide bonds. The van der Waals surface area contributed by atoms with Crippen LogP contribution in [-0.4, -0.2) is 35.5 Å². The molecule has 3 heterocycles. The molecule has 0 aliphatic carbocycles. The van der Waals surface area contributed by atoms with Gasteiger partial charge in [0.1, 0.15) is 17.2 Å². The summed E-state index contributed by atoms with van der Waals surface area (Å²) in [6, 6.07) is 29.8. The van der Waals surface area contributed by atoms with Crippen molar-refractivity contribution in [1.82, 2.24) is 4.90 Å². The molecule has 1 N–H and O–H groups in total. The Morgan fingerprint density at radius 2 is 1.48 bits per heavy atom. The van der Waals surface area contributed by atoms with E-state index in [1.165, 1.54) is 0 Å². The number of fused-ring (bicyclic) bond motifs is 6. The van der Waals surface area contributed by atoms with Crippen LogP contribution in [0.4, 0.5) is 5.69 Å². The molecule has 4 aromatic carbocycles. The Kier molecular flexibility index (Phi) is 5.46. The summed E-state index contributed by atoms with van der Waals surface area (Å²) in [5, 5.41) is 3.07. The second-order valence-corrected chi connectivity index (χ2v) is 10.4. The third kappa shape index (κ3) is 3.26. The zero-order chi connectivity index (χ0) is 27.4. The zero-order valence-corrected chi connectivity index (χ0v) is 21.8. The van der Waals surface area contributed by atoms with Gasteiger partial charge in [-0.05, 0) is 53.1 Å². The Morgan fingerprint density at radius 3 is 2.25 bits per heavy atom. The predicted octanol–water partition coefficient (Wildman–Crippen LogP) is 5.68. The topological polar surface area (TPSA) is 75.7 Å². The van der Waals surface area contributed by atoms with E-state index in [4.69, 9.17) is 4.74 Å². The fraction of sp³-hybridized carbons (Fsp3) is 0.147. The number of benzene rings is 4. The molecule has 0 saturated carbocycles. The number of ketones is 2. The molecule has 0 bridgehead atoms. The van der Waals surface area contributed by atoms with Gasteiger partial charge in [0.15, 0.2) is 11.6 Å². The van der Waals surface area contributed by atoms with E-state index in [-0.39, 0.29) is 17.5 Å². The number of hydrogen-bond acceptors (Lipinski definition) is 5. The van der Waals surface area contributed by atoms with Crippen molar-refractivity contribution in [2.45, 2.75) is 17.5 Å². The summed E-state index contributed by atoms with van der Waals surface area (Å²) in [5.41, 5.74) is 2.84. The first kappa shape index (κ1) is 24.1. The number of nitrogens with zero attached hydrogens (tertiary/aromatic N) is 1. The first-order valence-electron chi connectivity index (χ1n) is 13.3. The van der Waals surface area contributed by atoms with Gasteiger partial charge in [-0.15, -0.1) is 0 Å². The molecule has 0 aromatic heterocycles. The van der Waals surface area contributed by atoms with Crippen molar-refractivity contribution in [2.24, 2.45) is 5.92 Å². The summed E-state index contributed by atoms with van der Waals surface area (Å²) in [4.78, 5) is 45.6. The summed E-state index contributed by atoms with van der Waals surface area (Å²) in [7, 11) is 1.57. The molecule has 3 aliphatic rings. The number of ether oxygens (including phenoxy) is 1. The maximum Gasteiger partial charge on any atom is 0.238 e. The van der Waals surface area contributed by atoms with Crippen LogP contribution in [0.5, 0.6) is 5.75 Å². The molecule has 1 spiro atoms. The second kappa shape index (κ2) is 9.06. The Hall–Kier alpha value is -4.97. The monoisotopic (exact) mass is 526 g/mol. The van der Waals surface area contributed by atoms with Crippen LogP contribution < -0.4 is 10.1 Å². The van der Waals surface area contributed by atoms with Crippen LogP contribution >= 0.6 is 0 Å². The SMILES string of the molecule is COc1ccc(C(=O)[C@H]2[C@@H](C(=O)c3ccccc3)N3C=Cc4ccccc4[C@@H]3[C@]23C(=O)Nc2ccccc23)cc1. The van der Waals surface area contributed by atoms with Gasteiger partial charge in [0.2, 0.25) is 5.91 Å². The van der Waals surface area contributed by atoms with E-state index in [1.807, 2.05) is 83.9 Å². The minimum absolute atomic E-state index is 0.199. The van der Waals surface area contributed by atoms with Gasteiger partial charge in [-0.25, -0.2) is 0 Å². The molecule has 0 unspecified atom stereocenters. The van der Waals surface area contributed by atoms with Crippen LogP contribution in [0.15, 0.2) is 109 Å². The zero-order valence-electron chi connectivity index (χ0n) is 21.8. The average molecular weight is 527 g/mol. The first-order chi connectivity index (χ1) is 19.6. The van der Waals surface area contributed by atoms with Crippen molar-refractivity contribution in [3.8, 4) is 5.75 Å². The fourth-order valence-corrected chi connectivity index (χ4v) is 6.88. The van der Waals surface area contributed by atoms with E-state index >= 15 is 0 Å². The quantitative estimate of drug-likeness (QED) is 0.339. The predicted molar refractivity (Wildman–Crippen MR) is 152 cm³/mol. The van der Waals surface area contributed by atoms with E-state index in [1.54, 1.807) is 43.5 Å². The van der Waals surface area contributed by atoms with Crippen LogP contribution in [0.1, 0.15) is 43.4 Å². The number of Topliss-reactive ketones (excluding diaryl/α,β-unsaturated/α-hetero) is 2. The lowest BCUT2D eigenvalue weighted by Crippen LogP contribution is -2.49. The Balaban J connectivity index is 1.53. The Labute approximate surface area is 231 Å². The molecular weight excluding hydrogens is 500 g/mol. The molecule has 4 aromatic rings. The van der Waals surface area contributed by atoms with Crippen molar-refractivity contribution >= 4 is 29.2 Å².